The summed E-state index contributed by atoms with van der Waals surface area (Å²) in [5, 5.41) is 0. The van der Waals surface area contributed by atoms with E-state index < -0.39 is 9.84 Å². The molecule has 0 spiro atoms. The SMILES string of the molecule is CC(=O)N1CCC[C@H]1CS(=O)(=O)c1ccccc1. The molecule has 1 heterocycles. The van der Waals surface area contributed by atoms with E-state index in [4.69, 9.17) is 0 Å². The Morgan fingerprint density at radius 1 is 1.33 bits per heavy atom. The number of sulfone groups is 1. The summed E-state index contributed by atoms with van der Waals surface area (Å²) >= 11 is 0. The average molecular weight is 267 g/mol. The number of nitrogens with zero attached hydrogens (tertiary/aromatic N) is 1. The van der Waals surface area contributed by atoms with Crippen LogP contribution in [0.1, 0.15) is 19.8 Å². The van der Waals surface area contributed by atoms with Crippen molar-refractivity contribution in [2.75, 3.05) is 12.3 Å². The van der Waals surface area contributed by atoms with Crippen LogP contribution in [0, 0.1) is 0 Å². The molecule has 1 aromatic carbocycles. The molecule has 0 radical (unpaired) electrons. The highest BCUT2D eigenvalue weighted by Crippen LogP contribution is 2.21. The fourth-order valence-electron chi connectivity index (χ4n) is 2.40. The average Bonchev–Trinajstić information content (AvgIpc) is 2.78. The van der Waals surface area contributed by atoms with Gasteiger partial charge in [0, 0.05) is 19.5 Å². The Morgan fingerprint density at radius 2 is 2.00 bits per heavy atom. The fraction of sp³-hybridized carbons (Fsp3) is 0.462. The van der Waals surface area contributed by atoms with Crippen molar-refractivity contribution in [1.29, 1.82) is 0 Å². The van der Waals surface area contributed by atoms with Crippen molar-refractivity contribution in [2.45, 2.75) is 30.7 Å². The predicted octanol–water partition coefficient (Wildman–Crippen LogP) is 1.47. The van der Waals surface area contributed by atoms with Crippen LogP contribution in [0.4, 0.5) is 0 Å². The van der Waals surface area contributed by atoms with Crippen molar-refractivity contribution >= 4 is 15.7 Å². The molecular weight excluding hydrogens is 250 g/mol. The summed E-state index contributed by atoms with van der Waals surface area (Å²) in [6.07, 6.45) is 1.65. The summed E-state index contributed by atoms with van der Waals surface area (Å²) in [6, 6.07) is 8.24. The zero-order chi connectivity index (χ0) is 13.2. The Hall–Kier alpha value is -1.36. The minimum absolute atomic E-state index is 0.0244. The van der Waals surface area contributed by atoms with Crippen molar-refractivity contribution in [3.8, 4) is 0 Å². The Balaban J connectivity index is 2.16. The molecule has 5 heteroatoms. The standard InChI is InChI=1S/C13H17NO3S/c1-11(15)14-9-5-6-12(14)10-18(16,17)13-7-3-2-4-8-13/h2-4,7-8,12H,5-6,9-10H2,1H3/t12-/m0/s1. The molecule has 1 amide bonds. The Kier molecular flexibility index (Phi) is 3.71. The molecule has 0 aliphatic carbocycles. The van der Waals surface area contributed by atoms with Gasteiger partial charge >= 0.3 is 0 Å². The molecule has 1 atom stereocenters. The second kappa shape index (κ2) is 5.10. The van der Waals surface area contributed by atoms with Gasteiger partial charge in [-0.25, -0.2) is 8.42 Å². The first kappa shape index (κ1) is 13.1. The lowest BCUT2D eigenvalue weighted by molar-refractivity contribution is -0.129. The number of hydrogen-bond donors (Lipinski definition) is 0. The molecule has 2 rings (SSSR count). The third-order valence-corrected chi connectivity index (χ3v) is 5.11. The van der Waals surface area contributed by atoms with Crippen LogP contribution in [0.2, 0.25) is 0 Å². The summed E-state index contributed by atoms with van der Waals surface area (Å²) in [5.41, 5.74) is 0. The highest BCUT2D eigenvalue weighted by Gasteiger charge is 2.31. The molecule has 1 aromatic rings. The molecule has 0 saturated carbocycles. The first-order valence-corrected chi connectivity index (χ1v) is 7.71. The number of carbonyl (C=O) groups is 1. The third-order valence-electron chi connectivity index (χ3n) is 3.30. The molecule has 1 aliphatic heterocycles. The Morgan fingerprint density at radius 3 is 2.61 bits per heavy atom. The topological polar surface area (TPSA) is 54.5 Å². The first-order valence-electron chi connectivity index (χ1n) is 6.06. The van der Waals surface area contributed by atoms with Crippen LogP contribution >= 0.6 is 0 Å². The molecule has 4 nitrogen and oxygen atoms in total. The van der Waals surface area contributed by atoms with E-state index >= 15 is 0 Å². The first-order chi connectivity index (χ1) is 8.50. The van der Waals surface area contributed by atoms with E-state index in [1.165, 1.54) is 6.92 Å². The van der Waals surface area contributed by atoms with Crippen LogP contribution in [0.25, 0.3) is 0 Å². The van der Waals surface area contributed by atoms with E-state index in [9.17, 15) is 13.2 Å². The van der Waals surface area contributed by atoms with Crippen LogP contribution < -0.4 is 0 Å². The van der Waals surface area contributed by atoms with E-state index in [-0.39, 0.29) is 17.7 Å². The van der Waals surface area contributed by atoms with Gasteiger partial charge in [-0.1, -0.05) is 18.2 Å². The van der Waals surface area contributed by atoms with Gasteiger partial charge in [-0.05, 0) is 25.0 Å². The minimum atomic E-state index is -3.30. The number of benzene rings is 1. The highest BCUT2D eigenvalue weighted by molar-refractivity contribution is 7.91. The summed E-state index contributed by atoms with van der Waals surface area (Å²) in [5.74, 6) is -0.0166. The molecule has 0 unspecified atom stereocenters. The van der Waals surface area contributed by atoms with Crippen LogP contribution in [-0.4, -0.2) is 37.6 Å². The zero-order valence-corrected chi connectivity index (χ0v) is 11.2. The van der Waals surface area contributed by atoms with Crippen molar-refractivity contribution in [1.82, 2.24) is 4.90 Å². The minimum Gasteiger partial charge on any atom is -0.339 e. The van der Waals surface area contributed by atoms with E-state index in [0.29, 0.717) is 11.4 Å². The lowest BCUT2D eigenvalue weighted by Gasteiger charge is -2.23. The fourth-order valence-corrected chi connectivity index (χ4v) is 4.02. The molecule has 1 aliphatic rings. The van der Waals surface area contributed by atoms with E-state index in [2.05, 4.69) is 0 Å². The Labute approximate surface area is 108 Å². The van der Waals surface area contributed by atoms with Crippen molar-refractivity contribution in [2.24, 2.45) is 0 Å². The smallest absolute Gasteiger partial charge is 0.219 e. The molecule has 0 N–H and O–H groups in total. The maximum atomic E-state index is 12.2. The van der Waals surface area contributed by atoms with Gasteiger partial charge in [0.15, 0.2) is 9.84 Å². The normalized spacial score (nSPS) is 20.1. The molecule has 1 saturated heterocycles. The second-order valence-electron chi connectivity index (χ2n) is 4.60. The number of hydrogen-bond acceptors (Lipinski definition) is 3. The number of amides is 1. The third kappa shape index (κ3) is 2.72. The van der Waals surface area contributed by atoms with Gasteiger partial charge in [0.05, 0.1) is 10.6 Å². The second-order valence-corrected chi connectivity index (χ2v) is 6.64. The largest absolute Gasteiger partial charge is 0.339 e. The summed E-state index contributed by atoms with van der Waals surface area (Å²) in [4.78, 5) is 13.4. The number of rotatable bonds is 3. The van der Waals surface area contributed by atoms with Crippen LogP contribution in [0.5, 0.6) is 0 Å². The molecule has 0 bridgehead atoms. The molecule has 98 valence electrons. The van der Waals surface area contributed by atoms with Gasteiger partial charge in [0.25, 0.3) is 0 Å². The molecule has 0 aromatic heterocycles. The molecule has 18 heavy (non-hydrogen) atoms. The summed E-state index contributed by atoms with van der Waals surface area (Å²) in [6.45, 7) is 2.16. The van der Waals surface area contributed by atoms with Crippen molar-refractivity contribution in [3.63, 3.8) is 0 Å². The van der Waals surface area contributed by atoms with Gasteiger partial charge in [-0.3, -0.25) is 4.79 Å². The predicted molar refractivity (Wildman–Crippen MR) is 68.9 cm³/mol. The van der Waals surface area contributed by atoms with Crippen LogP contribution in [-0.2, 0) is 14.6 Å². The van der Waals surface area contributed by atoms with Gasteiger partial charge in [-0.15, -0.1) is 0 Å². The lowest BCUT2D eigenvalue weighted by Crippen LogP contribution is -2.38. The van der Waals surface area contributed by atoms with Gasteiger partial charge in [0.1, 0.15) is 0 Å². The van der Waals surface area contributed by atoms with Gasteiger partial charge in [-0.2, -0.15) is 0 Å². The van der Waals surface area contributed by atoms with E-state index in [0.717, 1.165) is 12.8 Å². The Bertz CT molecular complexity index is 524. The maximum Gasteiger partial charge on any atom is 0.219 e. The highest BCUT2D eigenvalue weighted by atomic mass is 32.2. The monoisotopic (exact) mass is 267 g/mol. The van der Waals surface area contributed by atoms with Crippen molar-refractivity contribution in [3.05, 3.63) is 30.3 Å². The molecular formula is C13H17NO3S. The quantitative estimate of drug-likeness (QED) is 0.833. The lowest BCUT2D eigenvalue weighted by atomic mass is 10.2. The zero-order valence-electron chi connectivity index (χ0n) is 10.4. The summed E-state index contributed by atoms with van der Waals surface area (Å²) < 4.78 is 24.4. The van der Waals surface area contributed by atoms with E-state index in [1.54, 1.807) is 35.2 Å². The van der Waals surface area contributed by atoms with E-state index in [1.807, 2.05) is 0 Å². The molecule has 1 fully saturated rings. The number of carbonyl (C=O) groups excluding carboxylic acids is 1. The maximum absolute atomic E-state index is 12.2. The summed E-state index contributed by atoms with van der Waals surface area (Å²) in [7, 11) is -3.30. The van der Waals surface area contributed by atoms with Gasteiger partial charge < -0.3 is 4.90 Å². The number of likely N-dealkylation sites (tertiary alicyclic amines) is 1. The van der Waals surface area contributed by atoms with Crippen molar-refractivity contribution < 1.29 is 13.2 Å². The van der Waals surface area contributed by atoms with Crippen LogP contribution in [0.3, 0.4) is 0 Å². The van der Waals surface area contributed by atoms with Gasteiger partial charge in [0.2, 0.25) is 5.91 Å². The van der Waals surface area contributed by atoms with Crippen LogP contribution in [0.15, 0.2) is 35.2 Å².